The number of nitrogens with zero attached hydrogens (tertiary/aromatic N) is 2. The number of methoxy groups -OCH3 is 1. The van der Waals surface area contributed by atoms with Gasteiger partial charge in [0.1, 0.15) is 5.75 Å². The van der Waals surface area contributed by atoms with Crippen LogP contribution in [-0.2, 0) is 16.4 Å². The van der Waals surface area contributed by atoms with Gasteiger partial charge in [0.2, 0.25) is 16.0 Å². The summed E-state index contributed by atoms with van der Waals surface area (Å²) >= 11 is 0. The van der Waals surface area contributed by atoms with Crippen molar-refractivity contribution >= 4 is 32.7 Å². The maximum atomic E-state index is 13.1. The first-order valence-electron chi connectivity index (χ1n) is 15.6. The summed E-state index contributed by atoms with van der Waals surface area (Å²) in [5.74, 6) is 2.90. The van der Waals surface area contributed by atoms with Gasteiger partial charge in [-0.1, -0.05) is 55.1 Å². The molecule has 0 bridgehead atoms. The minimum Gasteiger partial charge on any atom is -0.497 e. The molecule has 11 heteroatoms. The van der Waals surface area contributed by atoms with Crippen molar-refractivity contribution in [1.29, 1.82) is 0 Å². The van der Waals surface area contributed by atoms with E-state index in [9.17, 15) is 8.42 Å². The predicted octanol–water partition coefficient (Wildman–Crippen LogP) is 4.49. The molecule has 0 spiro atoms. The molecule has 1 fully saturated rings. The topological polar surface area (TPSA) is 142 Å². The van der Waals surface area contributed by atoms with Crippen LogP contribution < -0.4 is 31.1 Å². The third kappa shape index (κ3) is 10.5. The summed E-state index contributed by atoms with van der Waals surface area (Å²) in [7, 11) is -1.94. The predicted molar refractivity (Wildman–Crippen MR) is 184 cm³/mol. The highest BCUT2D eigenvalue weighted by molar-refractivity contribution is 7.89. The fraction of sp³-hybridized carbons (Fsp3) is 0.412. The summed E-state index contributed by atoms with van der Waals surface area (Å²) in [6.45, 7) is 9.77. The van der Waals surface area contributed by atoms with Gasteiger partial charge in [-0.3, -0.25) is 10.3 Å². The molecule has 0 aromatic heterocycles. The quantitative estimate of drug-likeness (QED) is 0.138. The molecular weight excluding hydrogens is 586 g/mol. The molecule has 10 nitrogen and oxygen atoms in total. The Morgan fingerprint density at radius 3 is 2.38 bits per heavy atom. The van der Waals surface area contributed by atoms with E-state index in [1.54, 1.807) is 19.2 Å². The highest BCUT2D eigenvalue weighted by Gasteiger charge is 2.24. The minimum absolute atomic E-state index is 0.0354. The molecule has 0 atom stereocenters. The van der Waals surface area contributed by atoms with Crippen LogP contribution in [0, 0.1) is 11.8 Å². The van der Waals surface area contributed by atoms with Gasteiger partial charge in [-0.05, 0) is 86.9 Å². The number of guanidine groups is 2. The maximum Gasteiger partial charge on any atom is 0.241 e. The fourth-order valence-corrected chi connectivity index (χ4v) is 6.78. The van der Waals surface area contributed by atoms with Gasteiger partial charge in [-0.25, -0.2) is 18.1 Å². The molecule has 6 N–H and O–H groups in total. The molecule has 0 unspecified atom stereocenters. The Morgan fingerprint density at radius 2 is 1.67 bits per heavy atom. The average Bonchev–Trinajstić information content (AvgIpc) is 3.03. The van der Waals surface area contributed by atoms with Crippen LogP contribution in [-0.4, -0.2) is 53.1 Å². The van der Waals surface area contributed by atoms with E-state index in [1.165, 1.54) is 5.56 Å². The fourth-order valence-electron chi connectivity index (χ4n) is 5.43. The number of hydrogen-bond acceptors (Lipinski definition) is 6. The number of nitrogens with two attached hydrogens (primary N) is 1. The number of benzene rings is 3. The van der Waals surface area contributed by atoms with Crippen molar-refractivity contribution in [2.45, 2.75) is 56.9 Å². The SMILES string of the molecule is C=C(NCCc1ccc(OC)cc1)NC(=NC(C)C)NC(N)=NCC1CCC(CNS(=O)(=O)c2cccc3ccccc23)CC1. The Hall–Kier alpha value is -4.09. The summed E-state index contributed by atoms with van der Waals surface area (Å²) in [6, 6.07) is 21.0. The maximum absolute atomic E-state index is 13.1. The third-order valence-electron chi connectivity index (χ3n) is 7.90. The second-order valence-corrected chi connectivity index (χ2v) is 13.5. The molecule has 3 aromatic rings. The molecule has 0 heterocycles. The van der Waals surface area contributed by atoms with Crippen molar-refractivity contribution in [3.63, 3.8) is 0 Å². The number of rotatable bonds is 13. The van der Waals surface area contributed by atoms with E-state index in [0.717, 1.165) is 48.6 Å². The van der Waals surface area contributed by atoms with Crippen LogP contribution in [0.15, 0.2) is 94.0 Å². The molecule has 0 radical (unpaired) electrons. The Balaban J connectivity index is 1.20. The number of fused-ring (bicyclic) bond motifs is 1. The van der Waals surface area contributed by atoms with Crippen molar-refractivity contribution in [2.24, 2.45) is 27.6 Å². The summed E-state index contributed by atoms with van der Waals surface area (Å²) in [5.41, 5.74) is 7.43. The number of aliphatic imine (C=N–C) groups is 2. The molecule has 3 aromatic carbocycles. The average molecular weight is 634 g/mol. The Labute approximate surface area is 267 Å². The van der Waals surface area contributed by atoms with Crippen molar-refractivity contribution < 1.29 is 13.2 Å². The highest BCUT2D eigenvalue weighted by Crippen LogP contribution is 2.29. The zero-order valence-corrected chi connectivity index (χ0v) is 27.4. The van der Waals surface area contributed by atoms with Crippen LogP contribution in [0.3, 0.4) is 0 Å². The van der Waals surface area contributed by atoms with Gasteiger partial charge in [-0.15, -0.1) is 0 Å². The van der Waals surface area contributed by atoms with Gasteiger partial charge in [0, 0.05) is 31.1 Å². The number of hydrogen-bond donors (Lipinski definition) is 5. The molecule has 242 valence electrons. The molecule has 0 aliphatic heterocycles. The Kier molecular flexibility index (Phi) is 12.2. The third-order valence-corrected chi connectivity index (χ3v) is 9.38. The van der Waals surface area contributed by atoms with Crippen LogP contribution in [0.5, 0.6) is 5.75 Å². The van der Waals surface area contributed by atoms with Crippen molar-refractivity contribution in [3.05, 3.63) is 84.7 Å². The molecule has 1 saturated carbocycles. The summed E-state index contributed by atoms with van der Waals surface area (Å²) in [5, 5.41) is 11.2. The molecule has 1 aliphatic carbocycles. The number of sulfonamides is 1. The van der Waals surface area contributed by atoms with Crippen LogP contribution in [0.1, 0.15) is 45.1 Å². The lowest BCUT2D eigenvalue weighted by molar-refractivity contribution is 0.280. The first-order chi connectivity index (χ1) is 21.6. The van der Waals surface area contributed by atoms with Crippen molar-refractivity contribution in [1.82, 2.24) is 20.7 Å². The van der Waals surface area contributed by atoms with E-state index in [1.807, 2.05) is 68.4 Å². The first-order valence-corrected chi connectivity index (χ1v) is 17.1. The molecule has 45 heavy (non-hydrogen) atoms. The molecule has 0 saturated heterocycles. The minimum atomic E-state index is -3.60. The second kappa shape index (κ2) is 16.3. The molecule has 0 amide bonds. The van der Waals surface area contributed by atoms with Crippen LogP contribution in [0.25, 0.3) is 10.8 Å². The summed E-state index contributed by atoms with van der Waals surface area (Å²) in [4.78, 5) is 9.50. The van der Waals surface area contributed by atoms with Gasteiger partial charge in [-0.2, -0.15) is 0 Å². The van der Waals surface area contributed by atoms with E-state index in [2.05, 4.69) is 37.2 Å². The zero-order chi connectivity index (χ0) is 32.2. The standard InChI is InChI=1S/C34H47N7O3S/c1-24(2)39-34(40-25(3)36-21-20-26-16-18-30(44-4)19-17-26)41-33(35)37-22-27-12-14-28(15-13-27)23-38-45(42,43)32-11-7-9-29-8-5-6-10-31(29)32/h5-11,16-19,24,27-28,36,38H,3,12-15,20-23H2,1-2,4H3,(H4,35,37,39,40,41). The van der Waals surface area contributed by atoms with Crippen LogP contribution in [0.4, 0.5) is 0 Å². The summed E-state index contributed by atoms with van der Waals surface area (Å²) < 4.78 is 34.3. The number of nitrogens with one attached hydrogen (secondary N) is 4. The van der Waals surface area contributed by atoms with Gasteiger partial charge in [0.25, 0.3) is 0 Å². The Morgan fingerprint density at radius 1 is 0.978 bits per heavy atom. The Bertz CT molecular complexity index is 1570. The lowest BCUT2D eigenvalue weighted by Crippen LogP contribution is -2.46. The smallest absolute Gasteiger partial charge is 0.241 e. The van der Waals surface area contributed by atoms with Crippen molar-refractivity contribution in [3.8, 4) is 5.75 Å². The largest absolute Gasteiger partial charge is 0.497 e. The van der Waals surface area contributed by atoms with Gasteiger partial charge in [0.05, 0.1) is 17.8 Å². The van der Waals surface area contributed by atoms with E-state index in [0.29, 0.717) is 48.1 Å². The van der Waals surface area contributed by atoms with E-state index >= 15 is 0 Å². The van der Waals surface area contributed by atoms with E-state index in [4.69, 9.17) is 10.5 Å². The van der Waals surface area contributed by atoms with Crippen LogP contribution in [0.2, 0.25) is 0 Å². The monoisotopic (exact) mass is 633 g/mol. The summed E-state index contributed by atoms with van der Waals surface area (Å²) in [6.07, 6.45) is 4.65. The first kappa shape index (κ1) is 33.8. The second-order valence-electron chi connectivity index (χ2n) is 11.8. The van der Waals surface area contributed by atoms with Crippen LogP contribution >= 0.6 is 0 Å². The van der Waals surface area contributed by atoms with E-state index < -0.39 is 10.0 Å². The highest BCUT2D eigenvalue weighted by atomic mass is 32.2. The molecular formula is C34H47N7O3S. The molecule has 1 aliphatic rings. The van der Waals surface area contributed by atoms with Gasteiger partial charge >= 0.3 is 0 Å². The van der Waals surface area contributed by atoms with Crippen molar-refractivity contribution in [2.75, 3.05) is 26.7 Å². The van der Waals surface area contributed by atoms with Gasteiger partial charge in [0.15, 0.2) is 5.96 Å². The lowest BCUT2D eigenvalue weighted by atomic mass is 9.82. The number of ether oxygens (including phenoxy) is 1. The van der Waals surface area contributed by atoms with Gasteiger partial charge < -0.3 is 21.1 Å². The van der Waals surface area contributed by atoms with E-state index in [-0.39, 0.29) is 12.0 Å². The lowest BCUT2D eigenvalue weighted by Gasteiger charge is -2.27. The molecule has 4 rings (SSSR count). The normalized spacial score (nSPS) is 17.7. The zero-order valence-electron chi connectivity index (χ0n) is 26.6.